The van der Waals surface area contributed by atoms with Crippen LogP contribution in [0.5, 0.6) is 0 Å². The summed E-state index contributed by atoms with van der Waals surface area (Å²) >= 11 is 1.19. The van der Waals surface area contributed by atoms with Crippen LogP contribution in [-0.2, 0) is 14.8 Å². The predicted molar refractivity (Wildman–Crippen MR) is 105 cm³/mol. The van der Waals surface area contributed by atoms with Gasteiger partial charge in [0.05, 0.1) is 6.10 Å². The van der Waals surface area contributed by atoms with Crippen molar-refractivity contribution in [1.82, 2.24) is 14.7 Å². The van der Waals surface area contributed by atoms with E-state index >= 15 is 0 Å². The SMILES string of the molecule is Cc1cc2c(-c3ccc(S(=O)(=O)NC[C@H](C)O)s3)ccnc2[nH]1.O=C(O)C(F)(F)F. The predicted octanol–water partition coefficient (Wildman–Crippen LogP) is 2.89. The molecule has 3 rings (SSSR count). The average Bonchev–Trinajstić information content (AvgIpc) is 3.25. The first-order valence-corrected chi connectivity index (χ1v) is 10.6. The van der Waals surface area contributed by atoms with E-state index in [4.69, 9.17) is 9.90 Å². The Hall–Kier alpha value is -2.48. The van der Waals surface area contributed by atoms with Crippen molar-refractivity contribution in [3.63, 3.8) is 0 Å². The van der Waals surface area contributed by atoms with Gasteiger partial charge in [-0.05, 0) is 38.1 Å². The summed E-state index contributed by atoms with van der Waals surface area (Å²) in [7, 11) is -3.61. The molecule has 0 aliphatic rings. The van der Waals surface area contributed by atoms with E-state index in [9.17, 15) is 26.7 Å². The zero-order valence-electron chi connectivity index (χ0n) is 15.7. The van der Waals surface area contributed by atoms with Crippen LogP contribution in [0.2, 0.25) is 0 Å². The van der Waals surface area contributed by atoms with Crippen molar-refractivity contribution < 1.29 is 36.6 Å². The monoisotopic (exact) mass is 465 g/mol. The number of carboxylic acids is 1. The molecule has 4 N–H and O–H groups in total. The topological polar surface area (TPSA) is 132 Å². The Morgan fingerprint density at radius 3 is 2.53 bits per heavy atom. The van der Waals surface area contributed by atoms with Gasteiger partial charge in [0.15, 0.2) is 0 Å². The van der Waals surface area contributed by atoms with E-state index in [1.807, 2.05) is 19.1 Å². The Morgan fingerprint density at radius 1 is 1.33 bits per heavy atom. The molecule has 0 saturated heterocycles. The van der Waals surface area contributed by atoms with Gasteiger partial charge in [0.25, 0.3) is 0 Å². The number of aliphatic hydroxyl groups excluding tert-OH is 1. The molecule has 30 heavy (non-hydrogen) atoms. The van der Waals surface area contributed by atoms with Gasteiger partial charge in [0, 0.05) is 34.3 Å². The lowest BCUT2D eigenvalue weighted by Gasteiger charge is -2.06. The number of hydrogen-bond donors (Lipinski definition) is 4. The fourth-order valence-electron chi connectivity index (χ4n) is 2.28. The first-order chi connectivity index (χ1) is 13.8. The normalized spacial score (nSPS) is 13.0. The van der Waals surface area contributed by atoms with Gasteiger partial charge >= 0.3 is 12.1 Å². The van der Waals surface area contributed by atoms with Gasteiger partial charge in [-0.25, -0.2) is 22.9 Å². The highest BCUT2D eigenvalue weighted by Gasteiger charge is 2.38. The number of sulfonamides is 1. The Bertz CT molecular complexity index is 1140. The zero-order valence-corrected chi connectivity index (χ0v) is 17.3. The van der Waals surface area contributed by atoms with Gasteiger partial charge in [0.1, 0.15) is 9.86 Å². The molecule has 1 atom stereocenters. The molecule has 0 saturated carbocycles. The fraction of sp³-hybridized carbons (Fsp3) is 0.294. The largest absolute Gasteiger partial charge is 0.490 e. The lowest BCUT2D eigenvalue weighted by atomic mass is 10.1. The Morgan fingerprint density at radius 2 is 1.97 bits per heavy atom. The number of aliphatic carboxylic acids is 1. The molecular weight excluding hydrogens is 447 g/mol. The van der Waals surface area contributed by atoms with Crippen LogP contribution in [0, 0.1) is 6.92 Å². The highest BCUT2D eigenvalue weighted by Crippen LogP contribution is 2.34. The van der Waals surface area contributed by atoms with E-state index in [-0.39, 0.29) is 10.8 Å². The lowest BCUT2D eigenvalue weighted by Crippen LogP contribution is -2.30. The first kappa shape index (κ1) is 23.8. The Kier molecular flexibility index (Phi) is 7.23. The zero-order chi connectivity index (χ0) is 22.7. The number of thiophene rings is 1. The van der Waals surface area contributed by atoms with Crippen molar-refractivity contribution in [1.29, 1.82) is 0 Å². The number of rotatable bonds is 5. The van der Waals surface area contributed by atoms with Gasteiger partial charge < -0.3 is 15.2 Å². The number of hydrogen-bond acceptors (Lipinski definition) is 6. The molecule has 8 nitrogen and oxygen atoms in total. The summed E-state index contributed by atoms with van der Waals surface area (Å²) in [5.74, 6) is -2.76. The molecule has 3 aromatic rings. The van der Waals surface area contributed by atoms with E-state index < -0.39 is 28.3 Å². The number of fused-ring (bicyclic) bond motifs is 1. The third kappa shape index (κ3) is 6.01. The lowest BCUT2D eigenvalue weighted by molar-refractivity contribution is -0.192. The summed E-state index contributed by atoms with van der Waals surface area (Å²) in [4.78, 5) is 17.2. The molecular formula is C17H18F3N3O5S2. The van der Waals surface area contributed by atoms with Crippen molar-refractivity contribution >= 4 is 38.4 Å². The van der Waals surface area contributed by atoms with Crippen molar-refractivity contribution in [3.8, 4) is 10.4 Å². The molecule has 0 aliphatic heterocycles. The van der Waals surface area contributed by atoms with E-state index in [1.54, 1.807) is 18.3 Å². The molecule has 0 aromatic carbocycles. The van der Waals surface area contributed by atoms with E-state index in [0.29, 0.717) is 0 Å². The summed E-state index contributed by atoms with van der Waals surface area (Å²) in [6.45, 7) is 3.48. The summed E-state index contributed by atoms with van der Waals surface area (Å²) < 4.78 is 58.8. The van der Waals surface area contributed by atoms with E-state index in [0.717, 1.165) is 27.2 Å². The average molecular weight is 465 g/mol. The number of aromatic amines is 1. The number of aromatic nitrogens is 2. The second-order valence-electron chi connectivity index (χ2n) is 6.20. The van der Waals surface area contributed by atoms with Crippen LogP contribution in [0.4, 0.5) is 13.2 Å². The summed E-state index contributed by atoms with van der Waals surface area (Å²) in [6, 6.07) is 7.24. The number of H-pyrrole nitrogens is 1. The second-order valence-corrected chi connectivity index (χ2v) is 9.27. The van der Waals surface area contributed by atoms with Gasteiger partial charge in [-0.3, -0.25) is 0 Å². The van der Waals surface area contributed by atoms with E-state index in [1.165, 1.54) is 18.3 Å². The van der Waals surface area contributed by atoms with Crippen LogP contribution < -0.4 is 4.72 Å². The molecule has 13 heteroatoms. The van der Waals surface area contributed by atoms with Crippen LogP contribution in [-0.4, -0.2) is 53.4 Å². The molecule has 0 fully saturated rings. The highest BCUT2D eigenvalue weighted by molar-refractivity contribution is 7.91. The number of aryl methyl sites for hydroxylation is 1. The number of nitrogens with zero attached hydrogens (tertiary/aromatic N) is 1. The van der Waals surface area contributed by atoms with Gasteiger partial charge in [-0.2, -0.15) is 13.2 Å². The second kappa shape index (κ2) is 9.12. The van der Waals surface area contributed by atoms with E-state index in [2.05, 4.69) is 14.7 Å². The molecule has 0 amide bonds. The number of carboxylic acid groups (broad SMARTS) is 1. The van der Waals surface area contributed by atoms with Crippen molar-refractivity contribution in [2.75, 3.05) is 6.54 Å². The summed E-state index contributed by atoms with van der Waals surface area (Å²) in [5, 5.41) is 17.3. The molecule has 3 aromatic heterocycles. The maximum atomic E-state index is 12.2. The quantitative estimate of drug-likeness (QED) is 0.458. The minimum atomic E-state index is -5.08. The highest BCUT2D eigenvalue weighted by atomic mass is 32.2. The maximum Gasteiger partial charge on any atom is 0.490 e. The molecule has 0 bridgehead atoms. The number of pyridine rings is 1. The number of alkyl halides is 3. The first-order valence-electron chi connectivity index (χ1n) is 8.33. The van der Waals surface area contributed by atoms with Crippen molar-refractivity contribution in [2.45, 2.75) is 30.3 Å². The fourth-order valence-corrected chi connectivity index (χ4v) is 4.80. The van der Waals surface area contributed by atoms with Crippen molar-refractivity contribution in [2.24, 2.45) is 0 Å². The third-order valence-electron chi connectivity index (χ3n) is 3.59. The van der Waals surface area contributed by atoms with Crippen LogP contribution in [0.25, 0.3) is 21.5 Å². The summed E-state index contributed by atoms with van der Waals surface area (Å²) in [6.07, 6.45) is -4.11. The number of nitrogens with one attached hydrogen (secondary N) is 2. The smallest absolute Gasteiger partial charge is 0.475 e. The maximum absolute atomic E-state index is 12.2. The molecule has 164 valence electrons. The van der Waals surface area contributed by atoms with Crippen LogP contribution >= 0.6 is 11.3 Å². The van der Waals surface area contributed by atoms with Gasteiger partial charge in [0.2, 0.25) is 10.0 Å². The summed E-state index contributed by atoms with van der Waals surface area (Å²) in [5.41, 5.74) is 2.73. The third-order valence-corrected chi connectivity index (χ3v) is 6.62. The van der Waals surface area contributed by atoms with Gasteiger partial charge in [-0.15, -0.1) is 11.3 Å². The molecule has 0 spiro atoms. The van der Waals surface area contributed by atoms with Crippen LogP contribution in [0.15, 0.2) is 34.7 Å². The molecule has 0 radical (unpaired) electrons. The number of aliphatic hydroxyl groups is 1. The van der Waals surface area contributed by atoms with Gasteiger partial charge in [-0.1, -0.05) is 0 Å². The Balaban J connectivity index is 0.000000396. The molecule has 3 heterocycles. The molecule has 0 aliphatic carbocycles. The molecule has 0 unspecified atom stereocenters. The Labute approximate surface area is 173 Å². The van der Waals surface area contributed by atoms with Crippen molar-refractivity contribution in [3.05, 3.63) is 36.2 Å². The number of carbonyl (C=O) groups is 1. The van der Waals surface area contributed by atoms with Crippen LogP contribution in [0.3, 0.4) is 0 Å². The standard InChI is InChI=1S/C15H17N3O3S2.C2HF3O2/c1-9-7-12-11(5-6-16-15(12)18-9)13-3-4-14(22-13)23(20,21)17-8-10(2)19;3-2(4,5)1(6)7/h3-7,10,17,19H,8H2,1-2H3,(H,16,18);(H,6,7)/t10-;/m0./s1. The van der Waals surface area contributed by atoms with Crippen LogP contribution in [0.1, 0.15) is 12.6 Å². The number of halogens is 3. The minimum Gasteiger partial charge on any atom is -0.475 e. The minimum absolute atomic E-state index is 0.00786.